The number of nitrogen functional groups attached to an aromatic ring is 1. The zero-order valence-corrected chi connectivity index (χ0v) is 11.1. The zero-order chi connectivity index (χ0) is 12.3. The summed E-state index contributed by atoms with van der Waals surface area (Å²) in [4.78, 5) is 1.28. The first-order valence-corrected chi connectivity index (χ1v) is 6.99. The largest absolute Gasteiger partial charge is 0.322 e. The molecule has 1 aromatic heterocycles. The van der Waals surface area contributed by atoms with E-state index in [-0.39, 0.29) is 0 Å². The summed E-state index contributed by atoms with van der Waals surface area (Å²) < 4.78 is 0. The molecule has 2 N–H and O–H groups in total. The van der Waals surface area contributed by atoms with Crippen molar-refractivity contribution in [2.24, 2.45) is 0 Å². The Morgan fingerprint density at radius 3 is 2.12 bits per heavy atom. The minimum absolute atomic E-state index is 1.01. The number of hydrogen-bond donors (Lipinski definition) is 1. The monoisotopic (exact) mass is 238 g/mol. The predicted octanol–water partition coefficient (Wildman–Crippen LogP) is 3.07. The lowest BCUT2D eigenvalue weighted by atomic mass is 10.1. The van der Waals surface area contributed by atoms with Crippen molar-refractivity contribution in [1.29, 1.82) is 0 Å². The molecule has 0 fully saturated rings. The van der Waals surface area contributed by atoms with Gasteiger partial charge in [-0.3, -0.25) is 0 Å². The maximum absolute atomic E-state index is 5.43. The molecule has 0 saturated heterocycles. The molecule has 0 atom stereocenters. The first-order valence-electron chi connectivity index (χ1n) is 6.99. The minimum atomic E-state index is 1.01. The van der Waals surface area contributed by atoms with E-state index in [0.717, 1.165) is 12.1 Å². The highest BCUT2D eigenvalue weighted by molar-refractivity contribution is 4.91. The van der Waals surface area contributed by atoms with E-state index in [1.807, 2.05) is 0 Å². The van der Waals surface area contributed by atoms with Gasteiger partial charge in [-0.2, -0.15) is 4.79 Å². The molecule has 0 unspecified atom stereocenters. The van der Waals surface area contributed by atoms with Crippen molar-refractivity contribution in [3.05, 3.63) is 11.9 Å². The van der Waals surface area contributed by atoms with Crippen molar-refractivity contribution in [2.45, 2.75) is 71.1 Å². The summed E-state index contributed by atoms with van der Waals surface area (Å²) in [7, 11) is 0. The smallest absolute Gasteiger partial charge is 0.0849 e. The molecular weight excluding hydrogens is 212 g/mol. The van der Waals surface area contributed by atoms with Crippen molar-refractivity contribution < 1.29 is 0 Å². The Labute approximate surface area is 105 Å². The Morgan fingerprint density at radius 1 is 1.00 bits per heavy atom. The number of hydrogen-bond acceptors (Lipinski definition) is 3. The van der Waals surface area contributed by atoms with Gasteiger partial charge in [-0.25, -0.2) is 0 Å². The van der Waals surface area contributed by atoms with Gasteiger partial charge >= 0.3 is 0 Å². The second-order valence-electron chi connectivity index (χ2n) is 4.77. The fourth-order valence-corrected chi connectivity index (χ4v) is 2.04. The summed E-state index contributed by atoms with van der Waals surface area (Å²) in [5.41, 5.74) is 1.01. The van der Waals surface area contributed by atoms with E-state index in [1.54, 1.807) is 6.20 Å². The number of nitrogens with two attached hydrogens (primary N) is 1. The normalized spacial score (nSPS) is 10.9. The molecule has 4 nitrogen and oxygen atoms in total. The Hall–Kier alpha value is -1.06. The van der Waals surface area contributed by atoms with Gasteiger partial charge in [0.25, 0.3) is 0 Å². The van der Waals surface area contributed by atoms with Crippen LogP contribution in [0.1, 0.15) is 70.4 Å². The van der Waals surface area contributed by atoms with Crippen LogP contribution >= 0.6 is 0 Å². The number of unbranched alkanes of at least 4 members (excludes halogenated alkanes) is 8. The Bertz CT molecular complexity index is 283. The maximum atomic E-state index is 5.43. The predicted molar refractivity (Wildman–Crippen MR) is 71.1 cm³/mol. The van der Waals surface area contributed by atoms with Crippen molar-refractivity contribution in [2.75, 3.05) is 5.84 Å². The molecule has 0 aliphatic heterocycles. The highest BCUT2D eigenvalue weighted by atomic mass is 15.6. The van der Waals surface area contributed by atoms with Crippen molar-refractivity contribution >= 4 is 0 Å². The van der Waals surface area contributed by atoms with Crippen molar-refractivity contribution in [3.63, 3.8) is 0 Å². The summed E-state index contributed by atoms with van der Waals surface area (Å²) in [5, 5.41) is 7.69. The summed E-state index contributed by atoms with van der Waals surface area (Å²) in [5.74, 6) is 5.43. The average molecular weight is 238 g/mol. The molecule has 0 bridgehead atoms. The molecule has 0 saturated carbocycles. The molecule has 4 heteroatoms. The molecule has 1 aromatic rings. The molecule has 1 rings (SSSR count). The Balaban J connectivity index is 1.84. The molecule has 17 heavy (non-hydrogen) atoms. The van der Waals surface area contributed by atoms with Crippen LogP contribution in [0, 0.1) is 0 Å². The average Bonchev–Trinajstić information content (AvgIpc) is 2.73. The lowest BCUT2D eigenvalue weighted by Crippen LogP contribution is -2.07. The third-order valence-electron chi connectivity index (χ3n) is 3.09. The first-order chi connectivity index (χ1) is 8.33. The van der Waals surface area contributed by atoms with Gasteiger partial charge < -0.3 is 5.84 Å². The molecule has 0 aliphatic carbocycles. The van der Waals surface area contributed by atoms with Gasteiger partial charge in [0.05, 0.1) is 11.9 Å². The summed E-state index contributed by atoms with van der Waals surface area (Å²) in [6, 6.07) is 0. The van der Waals surface area contributed by atoms with Gasteiger partial charge in [-0.15, -0.1) is 5.10 Å². The van der Waals surface area contributed by atoms with E-state index in [2.05, 4.69) is 17.2 Å². The molecule has 98 valence electrons. The number of aryl methyl sites for hydroxylation is 1. The lowest BCUT2D eigenvalue weighted by molar-refractivity contribution is 0.563. The van der Waals surface area contributed by atoms with E-state index in [0.29, 0.717) is 0 Å². The van der Waals surface area contributed by atoms with E-state index in [1.165, 1.54) is 62.6 Å². The summed E-state index contributed by atoms with van der Waals surface area (Å²) in [6.45, 7) is 2.26. The van der Waals surface area contributed by atoms with E-state index in [9.17, 15) is 0 Å². The highest BCUT2D eigenvalue weighted by Crippen LogP contribution is 2.10. The van der Waals surface area contributed by atoms with Crippen LogP contribution in [-0.2, 0) is 6.42 Å². The first kappa shape index (κ1) is 14.0. The molecule has 0 spiro atoms. The fourth-order valence-electron chi connectivity index (χ4n) is 2.04. The van der Waals surface area contributed by atoms with Crippen LogP contribution in [-0.4, -0.2) is 15.1 Å². The van der Waals surface area contributed by atoms with Crippen LogP contribution in [0.2, 0.25) is 0 Å². The standard InChI is InChI=1S/C13H26N4/c1-2-3-4-5-6-7-8-9-10-11-13-12-17(14)16-15-13/h12H,2-11,14H2,1H3. The third-order valence-corrected chi connectivity index (χ3v) is 3.09. The van der Waals surface area contributed by atoms with Crippen LogP contribution in [0.5, 0.6) is 0 Å². The minimum Gasteiger partial charge on any atom is -0.322 e. The van der Waals surface area contributed by atoms with Crippen LogP contribution < -0.4 is 5.84 Å². The number of rotatable bonds is 10. The van der Waals surface area contributed by atoms with Crippen LogP contribution in [0.4, 0.5) is 0 Å². The van der Waals surface area contributed by atoms with Gasteiger partial charge in [0.15, 0.2) is 0 Å². The van der Waals surface area contributed by atoms with Gasteiger partial charge in [-0.05, 0) is 18.1 Å². The lowest BCUT2D eigenvalue weighted by Gasteiger charge is -2.00. The Morgan fingerprint density at radius 2 is 1.59 bits per heavy atom. The van der Waals surface area contributed by atoms with Crippen molar-refractivity contribution in [3.8, 4) is 0 Å². The molecular formula is C13H26N4. The number of aromatic nitrogens is 3. The van der Waals surface area contributed by atoms with Gasteiger partial charge in [0.2, 0.25) is 0 Å². The molecule has 0 amide bonds. The zero-order valence-electron chi connectivity index (χ0n) is 11.1. The van der Waals surface area contributed by atoms with Crippen LogP contribution in [0.3, 0.4) is 0 Å². The second-order valence-corrected chi connectivity index (χ2v) is 4.77. The van der Waals surface area contributed by atoms with Crippen molar-refractivity contribution in [1.82, 2.24) is 15.1 Å². The van der Waals surface area contributed by atoms with E-state index < -0.39 is 0 Å². The van der Waals surface area contributed by atoms with Gasteiger partial charge in [-0.1, -0.05) is 58.3 Å². The van der Waals surface area contributed by atoms with E-state index >= 15 is 0 Å². The Kier molecular flexibility index (Phi) is 7.43. The summed E-state index contributed by atoms with van der Waals surface area (Å²) >= 11 is 0. The third kappa shape index (κ3) is 6.97. The molecule has 1 heterocycles. The van der Waals surface area contributed by atoms with Crippen LogP contribution in [0.25, 0.3) is 0 Å². The maximum Gasteiger partial charge on any atom is 0.0849 e. The van der Waals surface area contributed by atoms with E-state index in [4.69, 9.17) is 5.84 Å². The summed E-state index contributed by atoms with van der Waals surface area (Å²) in [6.07, 6.45) is 15.0. The van der Waals surface area contributed by atoms with Crippen LogP contribution in [0.15, 0.2) is 6.20 Å². The molecule has 0 radical (unpaired) electrons. The van der Waals surface area contributed by atoms with Gasteiger partial charge in [0, 0.05) is 0 Å². The van der Waals surface area contributed by atoms with Gasteiger partial charge in [0.1, 0.15) is 0 Å². The molecule has 0 aromatic carbocycles. The highest BCUT2D eigenvalue weighted by Gasteiger charge is 1.98. The quantitative estimate of drug-likeness (QED) is 0.503. The fraction of sp³-hybridized carbons (Fsp3) is 0.846. The SMILES string of the molecule is CCCCCCCCCCCc1cn(N)nn1. The topological polar surface area (TPSA) is 56.7 Å². The second kappa shape index (κ2) is 9.02. The number of nitrogens with zero attached hydrogens (tertiary/aromatic N) is 3. The molecule has 0 aliphatic rings.